The van der Waals surface area contributed by atoms with Crippen LogP contribution in [-0.4, -0.2) is 5.78 Å². The number of hydrogen-bond acceptors (Lipinski definition) is 1. The first-order valence-corrected chi connectivity index (χ1v) is 5.04. The van der Waals surface area contributed by atoms with Crippen molar-refractivity contribution in [3.63, 3.8) is 0 Å². The molecule has 0 aromatic rings. The predicted octanol–water partition coefficient (Wildman–Crippen LogP) is 2.80. The lowest BCUT2D eigenvalue weighted by Gasteiger charge is -2.37. The Morgan fingerprint density at radius 2 is 2.23 bits per heavy atom. The lowest BCUT2D eigenvalue weighted by Crippen LogP contribution is -2.33. The van der Waals surface area contributed by atoms with Gasteiger partial charge in [-0.25, -0.2) is 0 Å². The first-order valence-electron chi connectivity index (χ1n) is 5.04. The molecule has 0 aromatic carbocycles. The number of rotatable bonds is 2. The minimum Gasteiger partial charge on any atom is -0.298 e. The molecule has 1 saturated carbocycles. The molecule has 1 fully saturated rings. The second-order valence-corrected chi connectivity index (χ2v) is 4.63. The van der Waals surface area contributed by atoms with E-state index >= 15 is 0 Å². The summed E-state index contributed by atoms with van der Waals surface area (Å²) in [5.74, 6) is 2.93. The van der Waals surface area contributed by atoms with Crippen LogP contribution in [0.25, 0.3) is 0 Å². The smallest absolute Gasteiger partial charge is 0.148 e. The van der Waals surface area contributed by atoms with E-state index < -0.39 is 0 Å². The molecule has 1 rings (SSSR count). The van der Waals surface area contributed by atoms with Crippen LogP contribution in [0, 0.1) is 23.7 Å². The molecule has 0 bridgehead atoms. The minimum atomic E-state index is 0.173. The maximum Gasteiger partial charge on any atom is 0.148 e. The average Bonchev–Trinajstić information content (AvgIpc) is 2.03. The first kappa shape index (κ1) is 10.3. The highest BCUT2D eigenvalue weighted by Gasteiger charge is 2.36. The van der Waals surface area contributed by atoms with Crippen molar-refractivity contribution < 1.29 is 4.79 Å². The van der Waals surface area contributed by atoms with Gasteiger partial charge in [-0.15, -0.1) is 6.42 Å². The standard InChI is InChI=1S/C12H18O/c1-4-7-11(13)10-8-5-6-9-12(10,2)3/h1,10H,5-9H2,2-3H3. The van der Waals surface area contributed by atoms with Gasteiger partial charge in [0.05, 0.1) is 6.42 Å². The Bertz CT molecular complexity index is 232. The quantitative estimate of drug-likeness (QED) is 0.594. The summed E-state index contributed by atoms with van der Waals surface area (Å²) in [4.78, 5) is 11.7. The van der Waals surface area contributed by atoms with Crippen LogP contribution < -0.4 is 0 Å². The summed E-state index contributed by atoms with van der Waals surface area (Å²) in [6, 6.07) is 0. The monoisotopic (exact) mass is 178 g/mol. The number of ketones is 1. The van der Waals surface area contributed by atoms with Crippen LogP contribution in [0.1, 0.15) is 46.0 Å². The molecular formula is C12H18O. The van der Waals surface area contributed by atoms with Crippen LogP contribution in [0.5, 0.6) is 0 Å². The minimum absolute atomic E-state index is 0.173. The van der Waals surface area contributed by atoms with Gasteiger partial charge >= 0.3 is 0 Å². The van der Waals surface area contributed by atoms with E-state index in [-0.39, 0.29) is 17.1 Å². The maximum absolute atomic E-state index is 11.7. The molecule has 1 atom stereocenters. The normalized spacial score (nSPS) is 26.4. The molecule has 13 heavy (non-hydrogen) atoms. The third kappa shape index (κ3) is 2.34. The van der Waals surface area contributed by atoms with Crippen molar-refractivity contribution in [3.8, 4) is 12.3 Å². The molecule has 1 nitrogen and oxygen atoms in total. The highest BCUT2D eigenvalue weighted by molar-refractivity contribution is 5.83. The van der Waals surface area contributed by atoms with E-state index in [9.17, 15) is 4.79 Å². The topological polar surface area (TPSA) is 17.1 Å². The maximum atomic E-state index is 11.7. The summed E-state index contributed by atoms with van der Waals surface area (Å²) >= 11 is 0. The molecule has 0 aromatic heterocycles. The summed E-state index contributed by atoms with van der Waals surface area (Å²) in [6.07, 6.45) is 10.1. The third-order valence-corrected chi connectivity index (χ3v) is 3.17. The Morgan fingerprint density at radius 3 is 2.77 bits per heavy atom. The van der Waals surface area contributed by atoms with Crippen LogP contribution >= 0.6 is 0 Å². The van der Waals surface area contributed by atoms with Gasteiger partial charge in [-0.1, -0.05) is 32.6 Å². The summed E-state index contributed by atoms with van der Waals surface area (Å²) in [7, 11) is 0. The van der Waals surface area contributed by atoms with Gasteiger partial charge in [-0.05, 0) is 18.3 Å². The van der Waals surface area contributed by atoms with Gasteiger partial charge < -0.3 is 0 Å². The van der Waals surface area contributed by atoms with Crippen molar-refractivity contribution in [1.29, 1.82) is 0 Å². The van der Waals surface area contributed by atoms with E-state index in [0.29, 0.717) is 6.42 Å². The van der Waals surface area contributed by atoms with Crippen molar-refractivity contribution in [2.75, 3.05) is 0 Å². The molecule has 0 saturated heterocycles. The van der Waals surface area contributed by atoms with Gasteiger partial charge in [0.2, 0.25) is 0 Å². The highest BCUT2D eigenvalue weighted by Crippen LogP contribution is 2.41. The Balaban J connectivity index is 2.66. The van der Waals surface area contributed by atoms with Crippen molar-refractivity contribution in [2.24, 2.45) is 11.3 Å². The Hall–Kier alpha value is -0.770. The third-order valence-electron chi connectivity index (χ3n) is 3.17. The number of terminal acetylenes is 1. The second kappa shape index (κ2) is 3.96. The summed E-state index contributed by atoms with van der Waals surface area (Å²) in [6.45, 7) is 4.37. The fraction of sp³-hybridized carbons (Fsp3) is 0.750. The van der Waals surface area contributed by atoms with Gasteiger partial charge in [0.25, 0.3) is 0 Å². The molecule has 0 N–H and O–H groups in total. The number of Topliss-reactive ketones (excluding diaryl/α,β-unsaturated/α-hetero) is 1. The number of carbonyl (C=O) groups excluding carboxylic acids is 1. The number of carbonyl (C=O) groups is 1. The van der Waals surface area contributed by atoms with E-state index in [4.69, 9.17) is 6.42 Å². The molecule has 0 aliphatic heterocycles. The van der Waals surface area contributed by atoms with Gasteiger partial charge in [0, 0.05) is 5.92 Å². The van der Waals surface area contributed by atoms with E-state index in [2.05, 4.69) is 19.8 Å². The summed E-state index contributed by atoms with van der Waals surface area (Å²) < 4.78 is 0. The van der Waals surface area contributed by atoms with Crippen molar-refractivity contribution >= 4 is 5.78 Å². The molecular weight excluding hydrogens is 160 g/mol. The van der Waals surface area contributed by atoms with Gasteiger partial charge in [-0.2, -0.15) is 0 Å². The van der Waals surface area contributed by atoms with Gasteiger partial charge in [-0.3, -0.25) is 4.79 Å². The SMILES string of the molecule is C#CCC(=O)C1CCCCC1(C)C. The van der Waals surface area contributed by atoms with Crippen molar-refractivity contribution in [2.45, 2.75) is 46.0 Å². The second-order valence-electron chi connectivity index (χ2n) is 4.63. The largest absolute Gasteiger partial charge is 0.298 e. The Labute approximate surface area is 80.9 Å². The van der Waals surface area contributed by atoms with E-state index in [1.807, 2.05) is 0 Å². The lowest BCUT2D eigenvalue weighted by atomic mass is 9.67. The zero-order valence-electron chi connectivity index (χ0n) is 8.60. The molecule has 1 aliphatic rings. The molecule has 0 amide bonds. The lowest BCUT2D eigenvalue weighted by molar-refractivity contribution is -0.126. The molecule has 1 unspecified atom stereocenters. The molecule has 0 heterocycles. The Morgan fingerprint density at radius 1 is 1.54 bits per heavy atom. The highest BCUT2D eigenvalue weighted by atomic mass is 16.1. The zero-order valence-corrected chi connectivity index (χ0v) is 8.60. The van der Waals surface area contributed by atoms with E-state index in [1.54, 1.807) is 0 Å². The zero-order chi connectivity index (χ0) is 9.90. The average molecular weight is 178 g/mol. The molecule has 72 valence electrons. The van der Waals surface area contributed by atoms with Crippen LogP contribution in [0.4, 0.5) is 0 Å². The number of hydrogen-bond donors (Lipinski definition) is 0. The molecule has 1 aliphatic carbocycles. The van der Waals surface area contributed by atoms with Crippen molar-refractivity contribution in [1.82, 2.24) is 0 Å². The van der Waals surface area contributed by atoms with Gasteiger partial charge in [0.1, 0.15) is 5.78 Å². The molecule has 0 radical (unpaired) electrons. The summed E-state index contributed by atoms with van der Waals surface area (Å²) in [5.41, 5.74) is 0.173. The van der Waals surface area contributed by atoms with E-state index in [0.717, 1.165) is 12.8 Å². The molecule has 0 spiro atoms. The Kier molecular flexibility index (Phi) is 3.14. The van der Waals surface area contributed by atoms with Crippen LogP contribution in [0.2, 0.25) is 0 Å². The first-order chi connectivity index (χ1) is 6.08. The van der Waals surface area contributed by atoms with Crippen molar-refractivity contribution in [3.05, 3.63) is 0 Å². The fourth-order valence-electron chi connectivity index (χ4n) is 2.31. The molecule has 1 heteroatoms. The van der Waals surface area contributed by atoms with Crippen LogP contribution in [0.3, 0.4) is 0 Å². The fourth-order valence-corrected chi connectivity index (χ4v) is 2.31. The van der Waals surface area contributed by atoms with Gasteiger partial charge in [0.15, 0.2) is 0 Å². The predicted molar refractivity (Wildman–Crippen MR) is 54.2 cm³/mol. The van der Waals surface area contributed by atoms with Crippen LogP contribution in [-0.2, 0) is 4.79 Å². The summed E-state index contributed by atoms with van der Waals surface area (Å²) in [5, 5.41) is 0. The van der Waals surface area contributed by atoms with E-state index in [1.165, 1.54) is 12.8 Å². The van der Waals surface area contributed by atoms with Crippen LogP contribution in [0.15, 0.2) is 0 Å².